The van der Waals surface area contributed by atoms with Crippen LogP contribution in [0.5, 0.6) is 0 Å². The van der Waals surface area contributed by atoms with Gasteiger partial charge in [-0.1, -0.05) is 6.42 Å². The van der Waals surface area contributed by atoms with Crippen LogP contribution in [0.15, 0.2) is 0 Å². The van der Waals surface area contributed by atoms with Crippen LogP contribution < -0.4 is 0 Å². The van der Waals surface area contributed by atoms with Crippen LogP contribution in [0.1, 0.15) is 26.2 Å². The molecule has 10 heavy (non-hydrogen) atoms. The zero-order valence-electron chi connectivity index (χ0n) is 6.14. The molecule has 1 aliphatic heterocycles. The Bertz CT molecular complexity index is 138. The first-order chi connectivity index (χ1) is 4.72. The Kier molecular flexibility index (Phi) is 3.10. The van der Waals surface area contributed by atoms with E-state index in [4.69, 9.17) is 0 Å². The van der Waals surface area contributed by atoms with Gasteiger partial charge in [-0.2, -0.15) is 0 Å². The van der Waals surface area contributed by atoms with Crippen LogP contribution in [-0.4, -0.2) is 21.5 Å². The molecule has 1 fully saturated rings. The molecule has 0 spiro atoms. The molecule has 0 bridgehead atoms. The number of Topliss-reactive ketones (excluding diaryl/α,β-unsaturated/α-hetero) is 1. The van der Waals surface area contributed by atoms with Gasteiger partial charge in [-0.25, -0.2) is 3.11 Å². The van der Waals surface area contributed by atoms with Crippen molar-refractivity contribution in [1.82, 2.24) is 3.11 Å². The second-order valence-corrected chi connectivity index (χ2v) is 3.98. The van der Waals surface area contributed by atoms with Gasteiger partial charge < -0.3 is 0 Å². The number of hydrogen-bond donors (Lipinski definition) is 0. The molecule has 1 heterocycles. The highest BCUT2D eigenvalue weighted by atomic mass is 127. The van der Waals surface area contributed by atoms with E-state index in [1.807, 2.05) is 0 Å². The van der Waals surface area contributed by atoms with Crippen molar-refractivity contribution < 1.29 is 4.79 Å². The number of carbonyl (C=O) groups excluding carboxylic acids is 1. The minimum atomic E-state index is 0.203. The first-order valence-corrected chi connectivity index (χ1v) is 4.61. The van der Waals surface area contributed by atoms with Crippen molar-refractivity contribution in [2.75, 3.05) is 6.54 Å². The molecule has 0 amide bonds. The second-order valence-electron chi connectivity index (χ2n) is 2.75. The van der Waals surface area contributed by atoms with E-state index in [2.05, 4.69) is 26.0 Å². The molecule has 1 aliphatic rings. The molecule has 58 valence electrons. The van der Waals surface area contributed by atoms with Crippen LogP contribution in [0, 0.1) is 0 Å². The number of halogens is 1. The van der Waals surface area contributed by atoms with Gasteiger partial charge in [0.1, 0.15) is 5.78 Å². The molecular formula is C7H12INO. The van der Waals surface area contributed by atoms with Gasteiger partial charge in [-0.15, -0.1) is 0 Å². The van der Waals surface area contributed by atoms with Gasteiger partial charge in [0.05, 0.1) is 6.04 Å². The highest BCUT2D eigenvalue weighted by Crippen LogP contribution is 2.20. The summed E-state index contributed by atoms with van der Waals surface area (Å²) in [5, 5.41) is 0. The van der Waals surface area contributed by atoms with Gasteiger partial charge in [0.15, 0.2) is 0 Å². The standard InChI is InChI=1S/C7H12INO/c1-6(10)7-4-2-3-5-9(7)8/h7H,2-5H2,1H3/t7-/m0/s1. The first-order valence-electron chi connectivity index (χ1n) is 3.64. The first kappa shape index (κ1) is 8.46. The Hall–Kier alpha value is 0.360. The number of piperidine rings is 1. The minimum absolute atomic E-state index is 0.203. The zero-order valence-corrected chi connectivity index (χ0v) is 8.30. The summed E-state index contributed by atoms with van der Waals surface area (Å²) in [6.07, 6.45) is 3.51. The fourth-order valence-corrected chi connectivity index (χ4v) is 2.31. The normalized spacial score (nSPS) is 28.4. The van der Waals surface area contributed by atoms with E-state index >= 15 is 0 Å². The lowest BCUT2D eigenvalue weighted by Gasteiger charge is -2.28. The monoisotopic (exact) mass is 253 g/mol. The average molecular weight is 253 g/mol. The van der Waals surface area contributed by atoms with Gasteiger partial charge in [-0.05, 0) is 19.8 Å². The third-order valence-corrected chi connectivity index (χ3v) is 3.06. The number of carbonyl (C=O) groups is 1. The Morgan fingerprint density at radius 1 is 1.60 bits per heavy atom. The van der Waals surface area contributed by atoms with E-state index in [9.17, 15) is 4.79 Å². The summed E-state index contributed by atoms with van der Waals surface area (Å²) in [5.74, 6) is 0.314. The SMILES string of the molecule is CC(=O)[C@@H]1CCCCN1I. The molecule has 2 nitrogen and oxygen atoms in total. The minimum Gasteiger partial charge on any atom is -0.298 e. The molecule has 0 radical (unpaired) electrons. The summed E-state index contributed by atoms with van der Waals surface area (Å²) in [4.78, 5) is 11.0. The van der Waals surface area contributed by atoms with Gasteiger partial charge in [0.25, 0.3) is 0 Å². The molecule has 0 aliphatic carbocycles. The smallest absolute Gasteiger partial charge is 0.147 e. The topological polar surface area (TPSA) is 20.3 Å². The van der Waals surface area contributed by atoms with Gasteiger partial charge >= 0.3 is 0 Å². The molecule has 0 aromatic heterocycles. The molecule has 0 aromatic carbocycles. The molecule has 3 heteroatoms. The molecule has 0 unspecified atom stereocenters. The maximum Gasteiger partial charge on any atom is 0.147 e. The molecule has 1 rings (SSSR count). The lowest BCUT2D eigenvalue weighted by molar-refractivity contribution is -0.120. The van der Waals surface area contributed by atoms with Crippen molar-refractivity contribution in [2.24, 2.45) is 0 Å². The lowest BCUT2D eigenvalue weighted by atomic mass is 10.0. The molecule has 1 saturated heterocycles. The molecule has 0 N–H and O–H groups in total. The largest absolute Gasteiger partial charge is 0.298 e. The third-order valence-electron chi connectivity index (χ3n) is 1.91. The van der Waals surface area contributed by atoms with Crippen LogP contribution in [0.3, 0.4) is 0 Å². The van der Waals surface area contributed by atoms with Crippen molar-refractivity contribution in [3.8, 4) is 0 Å². The maximum absolute atomic E-state index is 11.0. The fourth-order valence-electron chi connectivity index (χ4n) is 1.30. The zero-order chi connectivity index (χ0) is 7.56. The summed E-state index contributed by atoms with van der Waals surface area (Å²) in [7, 11) is 0. The van der Waals surface area contributed by atoms with Crippen molar-refractivity contribution in [3.63, 3.8) is 0 Å². The highest BCUT2D eigenvalue weighted by molar-refractivity contribution is 14.1. The maximum atomic E-state index is 11.0. The highest BCUT2D eigenvalue weighted by Gasteiger charge is 2.23. The van der Waals surface area contributed by atoms with Gasteiger partial charge in [-0.3, -0.25) is 4.79 Å². The van der Waals surface area contributed by atoms with E-state index in [-0.39, 0.29) is 6.04 Å². The summed E-state index contributed by atoms with van der Waals surface area (Å²) >= 11 is 2.25. The van der Waals surface area contributed by atoms with Crippen LogP contribution in [-0.2, 0) is 4.79 Å². The average Bonchev–Trinajstić information content (AvgIpc) is 1.88. The van der Waals surface area contributed by atoms with Crippen LogP contribution >= 0.6 is 22.9 Å². The van der Waals surface area contributed by atoms with E-state index in [1.165, 1.54) is 12.8 Å². The van der Waals surface area contributed by atoms with Gasteiger partial charge in [0.2, 0.25) is 0 Å². The van der Waals surface area contributed by atoms with Crippen molar-refractivity contribution in [3.05, 3.63) is 0 Å². The van der Waals surface area contributed by atoms with Crippen molar-refractivity contribution in [1.29, 1.82) is 0 Å². The van der Waals surface area contributed by atoms with Crippen molar-refractivity contribution in [2.45, 2.75) is 32.2 Å². The Morgan fingerprint density at radius 2 is 2.30 bits per heavy atom. The second kappa shape index (κ2) is 3.67. The Labute approximate surface area is 75.5 Å². The number of rotatable bonds is 1. The summed E-state index contributed by atoms with van der Waals surface area (Å²) in [6, 6.07) is 0.203. The summed E-state index contributed by atoms with van der Waals surface area (Å²) < 4.78 is 2.13. The van der Waals surface area contributed by atoms with E-state index in [0.29, 0.717) is 5.78 Å². The molecule has 0 aromatic rings. The number of hydrogen-bond acceptors (Lipinski definition) is 2. The van der Waals surface area contributed by atoms with E-state index in [1.54, 1.807) is 6.92 Å². The Balaban J connectivity index is 2.47. The fraction of sp³-hybridized carbons (Fsp3) is 0.857. The number of ketones is 1. The molecular weight excluding hydrogens is 241 g/mol. The number of nitrogens with zero attached hydrogens (tertiary/aromatic N) is 1. The van der Waals surface area contributed by atoms with Crippen molar-refractivity contribution >= 4 is 28.6 Å². The third kappa shape index (κ3) is 1.92. The molecule has 1 atom stereocenters. The predicted octanol–water partition coefficient (Wildman–Crippen LogP) is 1.78. The van der Waals surface area contributed by atoms with Gasteiger partial charge in [0, 0.05) is 29.4 Å². The molecule has 0 saturated carbocycles. The lowest BCUT2D eigenvalue weighted by Crippen LogP contribution is -2.36. The summed E-state index contributed by atoms with van der Waals surface area (Å²) in [5.41, 5.74) is 0. The van der Waals surface area contributed by atoms with Crippen LogP contribution in [0.4, 0.5) is 0 Å². The van der Waals surface area contributed by atoms with Crippen LogP contribution in [0.2, 0.25) is 0 Å². The Morgan fingerprint density at radius 3 is 2.70 bits per heavy atom. The van der Waals surface area contributed by atoms with E-state index < -0.39 is 0 Å². The summed E-state index contributed by atoms with van der Waals surface area (Å²) in [6.45, 7) is 2.76. The predicted molar refractivity (Wildman–Crippen MR) is 49.0 cm³/mol. The van der Waals surface area contributed by atoms with Crippen LogP contribution in [0.25, 0.3) is 0 Å². The van der Waals surface area contributed by atoms with E-state index in [0.717, 1.165) is 13.0 Å². The quantitative estimate of drug-likeness (QED) is 0.524.